The van der Waals surface area contributed by atoms with Crippen molar-refractivity contribution in [1.29, 1.82) is 0 Å². The summed E-state index contributed by atoms with van der Waals surface area (Å²) in [5, 5.41) is 5.76. The van der Waals surface area contributed by atoms with Crippen molar-refractivity contribution in [3.63, 3.8) is 0 Å². The number of benzene rings is 2. The molecule has 6 nitrogen and oxygen atoms in total. The molecule has 2 amide bonds. The van der Waals surface area contributed by atoms with Crippen molar-refractivity contribution in [3.8, 4) is 11.5 Å². The van der Waals surface area contributed by atoms with Crippen LogP contribution in [0.4, 0.5) is 4.79 Å². The number of carbonyl (C=O) groups is 1. The van der Waals surface area contributed by atoms with Crippen LogP contribution in [-0.2, 0) is 13.1 Å². The standard InChI is InChI=1S/C22H29N3O3/c1-27-20-10-4-5-11-21(20)28-15-12-23-22(26)24-16-18-8-2-3-9-19(18)17-25-13-6-7-14-25/h2-5,8-11H,6-7,12-17H2,1H3,(H2,23,24,26). The monoisotopic (exact) mass is 383 g/mol. The summed E-state index contributed by atoms with van der Waals surface area (Å²) in [6.07, 6.45) is 2.56. The predicted octanol–water partition coefficient (Wildman–Crippen LogP) is 3.17. The summed E-state index contributed by atoms with van der Waals surface area (Å²) in [7, 11) is 1.61. The van der Waals surface area contributed by atoms with Crippen molar-refractivity contribution in [2.24, 2.45) is 0 Å². The number of carbonyl (C=O) groups excluding carboxylic acids is 1. The van der Waals surface area contributed by atoms with Crippen LogP contribution in [-0.4, -0.2) is 44.3 Å². The summed E-state index contributed by atoms with van der Waals surface area (Å²) in [4.78, 5) is 14.6. The normalized spacial score (nSPS) is 13.9. The van der Waals surface area contributed by atoms with E-state index >= 15 is 0 Å². The van der Waals surface area contributed by atoms with Crippen molar-refractivity contribution >= 4 is 6.03 Å². The largest absolute Gasteiger partial charge is 0.493 e. The van der Waals surface area contributed by atoms with E-state index < -0.39 is 0 Å². The van der Waals surface area contributed by atoms with E-state index in [0.29, 0.717) is 31.2 Å². The molecule has 0 aliphatic carbocycles. The molecule has 0 aromatic heterocycles. The lowest BCUT2D eigenvalue weighted by molar-refractivity contribution is 0.235. The Morgan fingerprint density at radius 3 is 2.39 bits per heavy atom. The first-order valence-electron chi connectivity index (χ1n) is 9.83. The molecule has 1 aliphatic rings. The van der Waals surface area contributed by atoms with Crippen LogP contribution in [0.15, 0.2) is 48.5 Å². The number of rotatable bonds is 9. The van der Waals surface area contributed by atoms with Gasteiger partial charge in [-0.1, -0.05) is 36.4 Å². The topological polar surface area (TPSA) is 62.8 Å². The minimum Gasteiger partial charge on any atom is -0.493 e. The molecule has 0 bridgehead atoms. The molecule has 2 N–H and O–H groups in total. The first kappa shape index (κ1) is 20.0. The Morgan fingerprint density at radius 1 is 0.964 bits per heavy atom. The summed E-state index contributed by atoms with van der Waals surface area (Å²) in [5.74, 6) is 1.35. The van der Waals surface area contributed by atoms with E-state index in [1.807, 2.05) is 30.3 Å². The zero-order valence-electron chi connectivity index (χ0n) is 16.4. The predicted molar refractivity (Wildman–Crippen MR) is 110 cm³/mol. The average molecular weight is 383 g/mol. The van der Waals surface area contributed by atoms with Gasteiger partial charge in [0, 0.05) is 13.1 Å². The Hall–Kier alpha value is -2.73. The van der Waals surface area contributed by atoms with Crippen LogP contribution in [0.5, 0.6) is 11.5 Å². The highest BCUT2D eigenvalue weighted by Crippen LogP contribution is 2.25. The number of nitrogens with zero attached hydrogens (tertiary/aromatic N) is 1. The lowest BCUT2D eigenvalue weighted by Crippen LogP contribution is -2.37. The van der Waals surface area contributed by atoms with Gasteiger partial charge < -0.3 is 20.1 Å². The molecule has 0 saturated carbocycles. The molecule has 3 rings (SSSR count). The number of urea groups is 1. The molecule has 1 fully saturated rings. The van der Waals surface area contributed by atoms with Gasteiger partial charge in [-0.3, -0.25) is 4.90 Å². The van der Waals surface area contributed by atoms with Crippen molar-refractivity contribution in [2.45, 2.75) is 25.9 Å². The lowest BCUT2D eigenvalue weighted by Gasteiger charge is -2.18. The van der Waals surface area contributed by atoms with Gasteiger partial charge in [0.25, 0.3) is 0 Å². The fourth-order valence-corrected chi connectivity index (χ4v) is 3.37. The number of methoxy groups -OCH3 is 1. The second kappa shape index (κ2) is 10.6. The van der Waals surface area contributed by atoms with Crippen molar-refractivity contribution in [3.05, 3.63) is 59.7 Å². The van der Waals surface area contributed by atoms with Gasteiger partial charge in [-0.25, -0.2) is 4.79 Å². The SMILES string of the molecule is COc1ccccc1OCCNC(=O)NCc1ccccc1CN1CCCC1. The second-order valence-electron chi connectivity index (χ2n) is 6.86. The number of amides is 2. The van der Waals surface area contributed by atoms with Crippen LogP contribution >= 0.6 is 0 Å². The minimum absolute atomic E-state index is 0.195. The van der Waals surface area contributed by atoms with Gasteiger partial charge in [0.1, 0.15) is 6.61 Å². The third kappa shape index (κ3) is 5.89. The van der Waals surface area contributed by atoms with Crippen LogP contribution in [0.3, 0.4) is 0 Å². The Labute approximate surface area is 166 Å². The number of nitrogens with one attached hydrogen (secondary N) is 2. The number of hydrogen-bond acceptors (Lipinski definition) is 4. The fourth-order valence-electron chi connectivity index (χ4n) is 3.37. The van der Waals surface area contributed by atoms with Crippen LogP contribution in [0.25, 0.3) is 0 Å². The molecule has 2 aromatic carbocycles. The second-order valence-corrected chi connectivity index (χ2v) is 6.86. The smallest absolute Gasteiger partial charge is 0.315 e. The third-order valence-corrected chi connectivity index (χ3v) is 4.86. The molecule has 0 spiro atoms. The third-order valence-electron chi connectivity index (χ3n) is 4.86. The number of likely N-dealkylation sites (tertiary alicyclic amines) is 1. The van der Waals surface area contributed by atoms with Gasteiger partial charge in [0.2, 0.25) is 0 Å². The fraction of sp³-hybridized carbons (Fsp3) is 0.409. The summed E-state index contributed by atoms with van der Waals surface area (Å²) < 4.78 is 10.9. The van der Waals surface area contributed by atoms with Gasteiger partial charge in [-0.05, 0) is 49.2 Å². The van der Waals surface area contributed by atoms with Crippen LogP contribution < -0.4 is 20.1 Å². The zero-order valence-corrected chi connectivity index (χ0v) is 16.4. The van der Waals surface area contributed by atoms with E-state index in [-0.39, 0.29) is 6.03 Å². The molecule has 1 saturated heterocycles. The molecule has 150 valence electrons. The molecule has 0 radical (unpaired) electrons. The number of hydrogen-bond donors (Lipinski definition) is 2. The summed E-state index contributed by atoms with van der Waals surface area (Å²) >= 11 is 0. The molecule has 1 aliphatic heterocycles. The number of ether oxygens (including phenoxy) is 2. The summed E-state index contributed by atoms with van der Waals surface area (Å²) in [5.41, 5.74) is 2.44. The van der Waals surface area contributed by atoms with Gasteiger partial charge in [-0.15, -0.1) is 0 Å². The van der Waals surface area contributed by atoms with E-state index in [9.17, 15) is 4.79 Å². The van der Waals surface area contributed by atoms with Crippen LogP contribution in [0.1, 0.15) is 24.0 Å². The maximum atomic E-state index is 12.1. The van der Waals surface area contributed by atoms with Gasteiger partial charge >= 0.3 is 6.03 Å². The zero-order chi connectivity index (χ0) is 19.6. The highest BCUT2D eigenvalue weighted by atomic mass is 16.5. The van der Waals surface area contributed by atoms with Gasteiger partial charge in [0.15, 0.2) is 11.5 Å². The van der Waals surface area contributed by atoms with E-state index in [4.69, 9.17) is 9.47 Å². The molecule has 0 unspecified atom stereocenters. The van der Waals surface area contributed by atoms with Crippen molar-refractivity contribution < 1.29 is 14.3 Å². The molecule has 28 heavy (non-hydrogen) atoms. The number of para-hydroxylation sites is 2. The van der Waals surface area contributed by atoms with Crippen molar-refractivity contribution in [2.75, 3.05) is 33.4 Å². The summed E-state index contributed by atoms with van der Waals surface area (Å²) in [6.45, 7) is 4.58. The Morgan fingerprint density at radius 2 is 1.64 bits per heavy atom. The molecule has 0 atom stereocenters. The van der Waals surface area contributed by atoms with E-state index in [1.165, 1.54) is 18.4 Å². The highest BCUT2D eigenvalue weighted by Gasteiger charge is 2.13. The molecular weight excluding hydrogens is 354 g/mol. The Kier molecular flexibility index (Phi) is 7.55. The first-order valence-corrected chi connectivity index (χ1v) is 9.83. The van der Waals surface area contributed by atoms with Crippen LogP contribution in [0.2, 0.25) is 0 Å². The van der Waals surface area contributed by atoms with Gasteiger partial charge in [-0.2, -0.15) is 0 Å². The average Bonchev–Trinajstić information content (AvgIpc) is 3.24. The van der Waals surface area contributed by atoms with E-state index in [1.54, 1.807) is 7.11 Å². The van der Waals surface area contributed by atoms with Crippen molar-refractivity contribution in [1.82, 2.24) is 15.5 Å². The lowest BCUT2D eigenvalue weighted by atomic mass is 10.1. The van der Waals surface area contributed by atoms with E-state index in [2.05, 4.69) is 33.7 Å². The Balaban J connectivity index is 1.40. The van der Waals surface area contributed by atoms with Gasteiger partial charge in [0.05, 0.1) is 13.7 Å². The minimum atomic E-state index is -0.195. The molecule has 2 aromatic rings. The maximum Gasteiger partial charge on any atom is 0.315 e. The van der Waals surface area contributed by atoms with Crippen LogP contribution in [0, 0.1) is 0 Å². The quantitative estimate of drug-likeness (QED) is 0.653. The Bertz CT molecular complexity index is 760. The van der Waals surface area contributed by atoms with E-state index in [0.717, 1.165) is 25.2 Å². The maximum absolute atomic E-state index is 12.1. The molecule has 1 heterocycles. The highest BCUT2D eigenvalue weighted by molar-refractivity contribution is 5.73. The molecule has 6 heteroatoms. The summed E-state index contributed by atoms with van der Waals surface area (Å²) in [6, 6.07) is 15.6. The molecular formula is C22H29N3O3. The first-order chi connectivity index (χ1) is 13.8.